The molecule has 0 fully saturated rings. The predicted octanol–water partition coefficient (Wildman–Crippen LogP) is 3.43. The van der Waals surface area contributed by atoms with Crippen molar-refractivity contribution in [3.63, 3.8) is 0 Å². The lowest BCUT2D eigenvalue weighted by atomic mass is 9.99. The molecule has 0 atom stereocenters. The van der Waals surface area contributed by atoms with Crippen molar-refractivity contribution in [3.8, 4) is 11.5 Å². The lowest BCUT2D eigenvalue weighted by Crippen LogP contribution is -2.44. The lowest BCUT2D eigenvalue weighted by Gasteiger charge is -2.32. The Morgan fingerprint density at radius 1 is 1.21 bits per heavy atom. The number of unbranched alkanes of at least 4 members (excludes halogenated alkanes) is 1. The SMILES string of the molecule is CN=C(NCCCCc1nc(C)cs1)N1CCc2cc(OC)c(OC)cc2C1. The zero-order valence-electron chi connectivity index (χ0n) is 17.2. The van der Waals surface area contributed by atoms with Crippen molar-refractivity contribution < 1.29 is 9.47 Å². The van der Waals surface area contributed by atoms with E-state index >= 15 is 0 Å². The van der Waals surface area contributed by atoms with E-state index in [0.717, 1.165) is 68.5 Å². The molecule has 3 rings (SSSR count). The van der Waals surface area contributed by atoms with E-state index in [2.05, 4.69) is 37.7 Å². The number of aryl methyl sites for hydroxylation is 2. The normalized spacial score (nSPS) is 14.0. The molecule has 28 heavy (non-hydrogen) atoms. The van der Waals surface area contributed by atoms with E-state index in [9.17, 15) is 0 Å². The smallest absolute Gasteiger partial charge is 0.193 e. The van der Waals surface area contributed by atoms with Crippen LogP contribution in [0.15, 0.2) is 22.5 Å². The van der Waals surface area contributed by atoms with Crippen molar-refractivity contribution in [2.75, 3.05) is 34.4 Å². The molecule has 0 unspecified atom stereocenters. The molecule has 0 amide bonds. The van der Waals surface area contributed by atoms with Gasteiger partial charge in [0.05, 0.1) is 19.2 Å². The average Bonchev–Trinajstić information content (AvgIpc) is 3.14. The molecule has 1 N–H and O–H groups in total. The van der Waals surface area contributed by atoms with Gasteiger partial charge >= 0.3 is 0 Å². The van der Waals surface area contributed by atoms with Gasteiger partial charge in [-0.1, -0.05) is 0 Å². The van der Waals surface area contributed by atoms with Crippen LogP contribution in [0.5, 0.6) is 11.5 Å². The van der Waals surface area contributed by atoms with Crippen LogP contribution in [-0.4, -0.2) is 50.2 Å². The standard InChI is InChI=1S/C21H30N4O2S/c1-15-14-28-20(24-15)7-5-6-9-23-21(22-2)25-10-8-16-11-18(26-3)19(27-4)12-17(16)13-25/h11-12,14H,5-10,13H2,1-4H3,(H,22,23). The van der Waals surface area contributed by atoms with Crippen molar-refractivity contribution in [2.45, 2.75) is 39.2 Å². The maximum atomic E-state index is 5.46. The molecule has 0 aliphatic carbocycles. The summed E-state index contributed by atoms with van der Waals surface area (Å²) < 4.78 is 10.9. The minimum atomic E-state index is 0.781. The zero-order valence-corrected chi connectivity index (χ0v) is 18.1. The predicted molar refractivity (Wildman–Crippen MR) is 115 cm³/mol. The minimum Gasteiger partial charge on any atom is -0.493 e. The molecule has 0 saturated heterocycles. The van der Waals surface area contributed by atoms with Gasteiger partial charge in [0.15, 0.2) is 17.5 Å². The highest BCUT2D eigenvalue weighted by Gasteiger charge is 2.21. The number of aliphatic imine (C=N–C) groups is 1. The number of hydrogen-bond donors (Lipinski definition) is 1. The fourth-order valence-corrected chi connectivity index (χ4v) is 4.33. The van der Waals surface area contributed by atoms with Gasteiger partial charge in [-0.3, -0.25) is 4.99 Å². The second kappa shape index (κ2) is 9.78. The summed E-state index contributed by atoms with van der Waals surface area (Å²) in [5.74, 6) is 2.54. The van der Waals surface area contributed by atoms with Gasteiger partial charge in [0.1, 0.15) is 0 Å². The summed E-state index contributed by atoms with van der Waals surface area (Å²) in [5.41, 5.74) is 3.72. The number of rotatable bonds is 7. The van der Waals surface area contributed by atoms with Crippen molar-refractivity contribution >= 4 is 17.3 Å². The van der Waals surface area contributed by atoms with Crippen molar-refractivity contribution in [1.29, 1.82) is 0 Å². The van der Waals surface area contributed by atoms with Crippen LogP contribution in [0.25, 0.3) is 0 Å². The van der Waals surface area contributed by atoms with Gasteiger partial charge in [-0.05, 0) is 55.9 Å². The van der Waals surface area contributed by atoms with Crippen molar-refractivity contribution in [2.24, 2.45) is 4.99 Å². The number of nitrogens with zero attached hydrogens (tertiary/aromatic N) is 3. The Balaban J connectivity index is 1.51. The molecule has 0 radical (unpaired) electrons. The lowest BCUT2D eigenvalue weighted by molar-refractivity contribution is 0.346. The second-order valence-electron chi connectivity index (χ2n) is 6.96. The van der Waals surface area contributed by atoms with Crippen LogP contribution < -0.4 is 14.8 Å². The van der Waals surface area contributed by atoms with E-state index in [4.69, 9.17) is 9.47 Å². The van der Waals surface area contributed by atoms with E-state index in [1.807, 2.05) is 14.0 Å². The average molecular weight is 403 g/mol. The first-order chi connectivity index (χ1) is 13.6. The fraction of sp³-hybridized carbons (Fsp3) is 0.524. The van der Waals surface area contributed by atoms with E-state index in [-0.39, 0.29) is 0 Å². The quantitative estimate of drug-likeness (QED) is 0.437. The number of benzene rings is 1. The van der Waals surface area contributed by atoms with Crippen LogP contribution in [0.3, 0.4) is 0 Å². The summed E-state index contributed by atoms with van der Waals surface area (Å²) in [6.07, 6.45) is 4.27. The van der Waals surface area contributed by atoms with Crippen LogP contribution in [0, 0.1) is 6.92 Å². The number of hydrogen-bond acceptors (Lipinski definition) is 5. The number of fused-ring (bicyclic) bond motifs is 1. The summed E-state index contributed by atoms with van der Waals surface area (Å²) in [4.78, 5) is 11.3. The Hall–Kier alpha value is -2.28. The molecule has 152 valence electrons. The molecule has 0 spiro atoms. The number of methoxy groups -OCH3 is 2. The van der Waals surface area contributed by atoms with Gasteiger partial charge < -0.3 is 19.7 Å². The molecule has 6 nitrogen and oxygen atoms in total. The largest absolute Gasteiger partial charge is 0.493 e. The Labute approximate surface area is 171 Å². The molecule has 0 bridgehead atoms. The van der Waals surface area contributed by atoms with Gasteiger partial charge in [-0.2, -0.15) is 0 Å². The topological polar surface area (TPSA) is 59.0 Å². The Bertz CT molecular complexity index is 819. The number of nitrogens with one attached hydrogen (secondary N) is 1. The number of thiazole rings is 1. The van der Waals surface area contributed by atoms with E-state index in [0.29, 0.717) is 0 Å². The third-order valence-corrected chi connectivity index (χ3v) is 6.02. The van der Waals surface area contributed by atoms with Gasteiger partial charge in [-0.25, -0.2) is 4.98 Å². The maximum Gasteiger partial charge on any atom is 0.193 e. The second-order valence-corrected chi connectivity index (χ2v) is 7.90. The summed E-state index contributed by atoms with van der Waals surface area (Å²) >= 11 is 1.76. The molecule has 1 aliphatic rings. The number of guanidine groups is 1. The van der Waals surface area contributed by atoms with Gasteiger partial charge in [-0.15, -0.1) is 11.3 Å². The van der Waals surface area contributed by atoms with E-state index in [1.165, 1.54) is 16.1 Å². The first kappa shape index (κ1) is 20.5. The number of ether oxygens (including phenoxy) is 2. The summed E-state index contributed by atoms with van der Waals surface area (Å²) in [7, 11) is 5.21. The molecule has 2 heterocycles. The molecular formula is C21H30N4O2S. The number of aromatic nitrogens is 1. The molecule has 0 saturated carbocycles. The van der Waals surface area contributed by atoms with E-state index < -0.39 is 0 Å². The summed E-state index contributed by atoms with van der Waals surface area (Å²) in [6, 6.07) is 4.19. The molecule has 1 aromatic heterocycles. The minimum absolute atomic E-state index is 0.781. The molecule has 2 aromatic rings. The van der Waals surface area contributed by atoms with Gasteiger partial charge in [0.2, 0.25) is 0 Å². The maximum absolute atomic E-state index is 5.46. The van der Waals surface area contributed by atoms with Crippen molar-refractivity contribution in [1.82, 2.24) is 15.2 Å². The van der Waals surface area contributed by atoms with Crippen molar-refractivity contribution in [3.05, 3.63) is 39.3 Å². The Kier molecular flexibility index (Phi) is 7.14. The molecular weight excluding hydrogens is 372 g/mol. The first-order valence-electron chi connectivity index (χ1n) is 9.75. The zero-order chi connectivity index (χ0) is 19.9. The Morgan fingerprint density at radius 2 is 1.96 bits per heavy atom. The first-order valence-corrected chi connectivity index (χ1v) is 10.6. The van der Waals surface area contributed by atoms with Gasteiger partial charge in [0, 0.05) is 37.8 Å². The Morgan fingerprint density at radius 3 is 2.61 bits per heavy atom. The monoisotopic (exact) mass is 402 g/mol. The third kappa shape index (κ3) is 4.95. The molecule has 1 aliphatic heterocycles. The van der Waals surface area contributed by atoms with Crippen LogP contribution in [0.2, 0.25) is 0 Å². The highest BCUT2D eigenvalue weighted by atomic mass is 32.1. The van der Waals surface area contributed by atoms with Crippen LogP contribution in [0.4, 0.5) is 0 Å². The van der Waals surface area contributed by atoms with E-state index in [1.54, 1.807) is 25.6 Å². The fourth-order valence-electron chi connectivity index (χ4n) is 3.52. The van der Waals surface area contributed by atoms with Gasteiger partial charge in [0.25, 0.3) is 0 Å². The van der Waals surface area contributed by atoms with Crippen LogP contribution >= 0.6 is 11.3 Å². The molecule has 1 aromatic carbocycles. The highest BCUT2D eigenvalue weighted by molar-refractivity contribution is 7.09. The molecule has 7 heteroatoms. The van der Waals surface area contributed by atoms with Crippen LogP contribution in [-0.2, 0) is 19.4 Å². The van der Waals surface area contributed by atoms with Crippen LogP contribution in [0.1, 0.15) is 34.7 Å². The summed E-state index contributed by atoms with van der Waals surface area (Å²) in [6.45, 7) is 4.74. The third-order valence-electron chi connectivity index (χ3n) is 5.00. The summed E-state index contributed by atoms with van der Waals surface area (Å²) in [5, 5.41) is 6.87. The highest BCUT2D eigenvalue weighted by Crippen LogP contribution is 2.33.